The van der Waals surface area contributed by atoms with Crippen molar-refractivity contribution in [2.45, 2.75) is 0 Å². The maximum atomic E-state index is 5.42. The molecule has 0 aliphatic carbocycles. The third-order valence-electron chi connectivity index (χ3n) is 11.6. The van der Waals surface area contributed by atoms with E-state index in [1.54, 1.807) is 0 Å². The Labute approximate surface area is 327 Å². The second kappa shape index (κ2) is 12.2. The molecule has 12 rings (SSSR count). The molecule has 3 heteroatoms. The van der Waals surface area contributed by atoms with Crippen LogP contribution in [-0.4, -0.2) is 9.55 Å². The van der Waals surface area contributed by atoms with Crippen molar-refractivity contribution in [2.75, 3.05) is 0 Å². The third kappa shape index (κ3) is 4.65. The fourth-order valence-corrected chi connectivity index (χ4v) is 10.3. The van der Waals surface area contributed by atoms with Gasteiger partial charge >= 0.3 is 0 Å². The summed E-state index contributed by atoms with van der Waals surface area (Å²) in [6.07, 6.45) is 0. The Morgan fingerprint density at radius 3 is 1.82 bits per heavy atom. The molecule has 0 radical (unpaired) electrons. The molecule has 0 amide bonds. The van der Waals surface area contributed by atoms with Gasteiger partial charge in [-0.1, -0.05) is 152 Å². The van der Waals surface area contributed by atoms with Gasteiger partial charge in [0.1, 0.15) is 5.82 Å². The van der Waals surface area contributed by atoms with Crippen molar-refractivity contribution >= 4 is 85.6 Å². The van der Waals surface area contributed by atoms with Crippen LogP contribution in [0.15, 0.2) is 194 Å². The number of hydrogen-bond donors (Lipinski definition) is 0. The highest BCUT2D eigenvalue weighted by atomic mass is 32.1. The van der Waals surface area contributed by atoms with E-state index in [9.17, 15) is 0 Å². The predicted octanol–water partition coefficient (Wildman–Crippen LogP) is 15.0. The molecule has 0 N–H and O–H groups in total. The molecular weight excluding hydrogens is 697 g/mol. The average molecular weight is 729 g/mol. The molecule has 0 saturated carbocycles. The summed E-state index contributed by atoms with van der Waals surface area (Å²) in [5, 5.41) is 12.5. The van der Waals surface area contributed by atoms with Crippen LogP contribution >= 0.6 is 11.3 Å². The standard InChI is InChI=1S/C53H32N2S/c1-3-15-33(16-4-1)42-31-46-44(39-22-10-9-21-38(39)42)32-43(53-51(46)41-24-12-14-26-49(41)56-53)36-27-28-48-45(29-36)40-23-11-13-25-47(40)55(48)50-30-35-19-7-8-20-37(35)52(54-50)34-17-5-2-6-18-34/h1-32H. The van der Waals surface area contributed by atoms with Crippen LogP contribution in [0.1, 0.15) is 0 Å². The number of para-hydroxylation sites is 1. The molecule has 260 valence electrons. The average Bonchev–Trinajstić information content (AvgIpc) is 3.82. The first kappa shape index (κ1) is 31.3. The Bertz CT molecular complexity index is 3520. The van der Waals surface area contributed by atoms with Crippen molar-refractivity contribution in [3.63, 3.8) is 0 Å². The minimum Gasteiger partial charge on any atom is -0.294 e. The van der Waals surface area contributed by atoms with Crippen LogP contribution in [0.2, 0.25) is 0 Å². The number of nitrogens with zero attached hydrogens (tertiary/aromatic N) is 2. The lowest BCUT2D eigenvalue weighted by Crippen LogP contribution is -1.99. The molecule has 0 aliphatic heterocycles. The first-order valence-electron chi connectivity index (χ1n) is 19.1. The number of hydrogen-bond acceptors (Lipinski definition) is 2. The zero-order valence-corrected chi connectivity index (χ0v) is 31.1. The number of pyridine rings is 1. The van der Waals surface area contributed by atoms with Gasteiger partial charge in [-0.2, -0.15) is 0 Å². The van der Waals surface area contributed by atoms with Gasteiger partial charge in [-0.3, -0.25) is 4.57 Å². The SMILES string of the molecule is c1ccc(-c2nc(-n3c4ccccc4c4cc(-c5cc6c7ccccc7c(-c7ccccc7)cc6c6c5sc5ccccc56)ccc43)cc3ccccc23)cc1. The van der Waals surface area contributed by atoms with E-state index in [0.717, 1.165) is 33.5 Å². The van der Waals surface area contributed by atoms with E-state index in [4.69, 9.17) is 4.98 Å². The number of fused-ring (bicyclic) bond motifs is 11. The van der Waals surface area contributed by atoms with E-state index < -0.39 is 0 Å². The Morgan fingerprint density at radius 2 is 1.00 bits per heavy atom. The summed E-state index contributed by atoms with van der Waals surface area (Å²) in [5.74, 6) is 0.916. The Kier molecular flexibility index (Phi) is 6.83. The van der Waals surface area contributed by atoms with Crippen molar-refractivity contribution in [3.8, 4) is 39.3 Å². The van der Waals surface area contributed by atoms with Crippen LogP contribution < -0.4 is 0 Å². The molecule has 3 heterocycles. The van der Waals surface area contributed by atoms with Gasteiger partial charge < -0.3 is 0 Å². The zero-order chi connectivity index (χ0) is 36.7. The second-order valence-electron chi connectivity index (χ2n) is 14.7. The molecule has 12 aromatic rings. The van der Waals surface area contributed by atoms with Crippen molar-refractivity contribution in [1.82, 2.24) is 9.55 Å². The summed E-state index contributed by atoms with van der Waals surface area (Å²) in [7, 11) is 0. The lowest BCUT2D eigenvalue weighted by Gasteiger charge is -2.15. The van der Waals surface area contributed by atoms with E-state index in [1.165, 1.54) is 80.1 Å². The lowest BCUT2D eigenvalue weighted by molar-refractivity contribution is 1.09. The molecule has 0 unspecified atom stereocenters. The van der Waals surface area contributed by atoms with Crippen LogP contribution in [0.5, 0.6) is 0 Å². The highest BCUT2D eigenvalue weighted by Gasteiger charge is 2.21. The minimum absolute atomic E-state index is 0.916. The molecule has 0 aliphatic rings. The number of aromatic nitrogens is 2. The normalized spacial score (nSPS) is 11.9. The largest absolute Gasteiger partial charge is 0.294 e. The van der Waals surface area contributed by atoms with Gasteiger partial charge in [-0.25, -0.2) is 4.98 Å². The smallest absolute Gasteiger partial charge is 0.138 e. The highest BCUT2D eigenvalue weighted by Crippen LogP contribution is 2.48. The molecule has 0 atom stereocenters. The van der Waals surface area contributed by atoms with Gasteiger partial charge in [-0.15, -0.1) is 11.3 Å². The molecule has 0 spiro atoms. The molecule has 3 aromatic heterocycles. The van der Waals surface area contributed by atoms with Crippen LogP contribution in [-0.2, 0) is 0 Å². The van der Waals surface area contributed by atoms with Gasteiger partial charge in [0.05, 0.1) is 16.7 Å². The molecule has 9 aromatic carbocycles. The second-order valence-corrected chi connectivity index (χ2v) is 15.7. The van der Waals surface area contributed by atoms with Gasteiger partial charge in [0.2, 0.25) is 0 Å². The molecular formula is C53H32N2S. The van der Waals surface area contributed by atoms with E-state index in [0.29, 0.717) is 0 Å². The minimum atomic E-state index is 0.916. The van der Waals surface area contributed by atoms with E-state index in [2.05, 4.69) is 199 Å². The molecule has 2 nitrogen and oxygen atoms in total. The molecule has 56 heavy (non-hydrogen) atoms. The highest BCUT2D eigenvalue weighted by molar-refractivity contribution is 7.26. The van der Waals surface area contributed by atoms with Gasteiger partial charge in [0.25, 0.3) is 0 Å². The summed E-state index contributed by atoms with van der Waals surface area (Å²) in [6.45, 7) is 0. The van der Waals surface area contributed by atoms with Crippen LogP contribution in [0, 0.1) is 0 Å². The van der Waals surface area contributed by atoms with Crippen molar-refractivity contribution in [3.05, 3.63) is 194 Å². The number of rotatable bonds is 4. The van der Waals surface area contributed by atoms with Crippen LogP contribution in [0.25, 0.3) is 114 Å². The molecule has 0 bridgehead atoms. The Balaban J connectivity index is 1.15. The van der Waals surface area contributed by atoms with E-state index >= 15 is 0 Å². The number of benzene rings is 9. The lowest BCUT2D eigenvalue weighted by atomic mass is 9.89. The van der Waals surface area contributed by atoms with Gasteiger partial charge in [0.15, 0.2) is 0 Å². The van der Waals surface area contributed by atoms with Crippen LogP contribution in [0.4, 0.5) is 0 Å². The topological polar surface area (TPSA) is 17.8 Å². The summed E-state index contributed by atoms with van der Waals surface area (Å²) >= 11 is 1.90. The van der Waals surface area contributed by atoms with Crippen molar-refractivity contribution < 1.29 is 0 Å². The van der Waals surface area contributed by atoms with E-state index in [1.807, 2.05) is 11.3 Å². The summed E-state index contributed by atoms with van der Waals surface area (Å²) in [5.41, 5.74) is 9.38. The Hall–Kier alpha value is -7.07. The molecule has 0 fully saturated rings. The van der Waals surface area contributed by atoms with E-state index in [-0.39, 0.29) is 0 Å². The maximum absolute atomic E-state index is 5.42. The molecule has 0 saturated heterocycles. The zero-order valence-electron chi connectivity index (χ0n) is 30.3. The Morgan fingerprint density at radius 1 is 0.375 bits per heavy atom. The maximum Gasteiger partial charge on any atom is 0.138 e. The first-order valence-corrected chi connectivity index (χ1v) is 19.9. The van der Waals surface area contributed by atoms with Crippen molar-refractivity contribution in [2.24, 2.45) is 0 Å². The van der Waals surface area contributed by atoms with Crippen LogP contribution in [0.3, 0.4) is 0 Å². The fourth-order valence-electron chi connectivity index (χ4n) is 9.05. The number of thiophene rings is 1. The first-order chi connectivity index (χ1) is 27.8. The predicted molar refractivity (Wildman–Crippen MR) is 240 cm³/mol. The van der Waals surface area contributed by atoms with Crippen molar-refractivity contribution in [1.29, 1.82) is 0 Å². The van der Waals surface area contributed by atoms with Gasteiger partial charge in [0, 0.05) is 47.5 Å². The monoisotopic (exact) mass is 728 g/mol. The summed E-state index contributed by atoms with van der Waals surface area (Å²) in [4.78, 5) is 5.42. The quantitative estimate of drug-likeness (QED) is 0.165. The summed E-state index contributed by atoms with van der Waals surface area (Å²) < 4.78 is 4.97. The van der Waals surface area contributed by atoms with Gasteiger partial charge in [-0.05, 0) is 86.1 Å². The third-order valence-corrected chi connectivity index (χ3v) is 12.8. The fraction of sp³-hybridized carbons (Fsp3) is 0. The summed E-state index contributed by atoms with van der Waals surface area (Å²) in [6, 6.07) is 70.7.